The highest BCUT2D eigenvalue weighted by molar-refractivity contribution is 4.83. The predicted molar refractivity (Wildman–Crippen MR) is 64.2 cm³/mol. The lowest BCUT2D eigenvalue weighted by molar-refractivity contribution is 0.120. The van der Waals surface area contributed by atoms with E-state index in [2.05, 4.69) is 24.1 Å². The Bertz CT molecular complexity index is 160. The lowest BCUT2D eigenvalue weighted by Gasteiger charge is -2.30. The van der Waals surface area contributed by atoms with Gasteiger partial charge in [-0.25, -0.2) is 0 Å². The number of ether oxygens (including phenoxy) is 1. The summed E-state index contributed by atoms with van der Waals surface area (Å²) in [5, 5.41) is 3.62. The summed E-state index contributed by atoms with van der Waals surface area (Å²) in [7, 11) is 1.78. The molecule has 1 saturated carbocycles. The van der Waals surface area contributed by atoms with Gasteiger partial charge in [0, 0.05) is 32.3 Å². The van der Waals surface area contributed by atoms with Crippen LogP contribution in [-0.2, 0) is 4.74 Å². The second kappa shape index (κ2) is 7.20. The average Bonchev–Trinajstić information content (AvgIpc) is 3.06. The van der Waals surface area contributed by atoms with E-state index in [1.807, 2.05) is 0 Å². The molecule has 1 rings (SSSR count). The maximum Gasteiger partial charge on any atom is 0.0589 e. The Morgan fingerprint density at radius 1 is 1.40 bits per heavy atom. The molecule has 3 heteroatoms. The number of likely N-dealkylation sites (N-methyl/N-ethyl adjacent to an activating group) is 1. The molecule has 0 aromatic heterocycles. The van der Waals surface area contributed by atoms with Crippen molar-refractivity contribution in [3.8, 4) is 0 Å². The van der Waals surface area contributed by atoms with Crippen LogP contribution in [0.2, 0.25) is 0 Å². The Morgan fingerprint density at radius 3 is 2.60 bits per heavy atom. The van der Waals surface area contributed by atoms with Gasteiger partial charge in [-0.05, 0) is 25.8 Å². The minimum absolute atomic E-state index is 0.672. The van der Waals surface area contributed by atoms with Crippen LogP contribution >= 0.6 is 0 Å². The van der Waals surface area contributed by atoms with Gasteiger partial charge in [0.05, 0.1) is 6.61 Å². The molecule has 1 N–H and O–H groups in total. The Balaban J connectivity index is 2.23. The molecule has 0 bridgehead atoms. The zero-order valence-electron chi connectivity index (χ0n) is 10.5. The van der Waals surface area contributed by atoms with Crippen LogP contribution in [-0.4, -0.2) is 50.3 Å². The van der Waals surface area contributed by atoms with Gasteiger partial charge in [-0.2, -0.15) is 0 Å². The lowest BCUT2D eigenvalue weighted by Crippen LogP contribution is -2.43. The Morgan fingerprint density at radius 2 is 2.13 bits per heavy atom. The maximum atomic E-state index is 5.14. The van der Waals surface area contributed by atoms with E-state index in [4.69, 9.17) is 4.74 Å². The van der Waals surface area contributed by atoms with Crippen molar-refractivity contribution in [2.45, 2.75) is 45.2 Å². The van der Waals surface area contributed by atoms with Crippen LogP contribution in [0.15, 0.2) is 0 Å². The lowest BCUT2D eigenvalue weighted by atomic mass is 10.2. The van der Waals surface area contributed by atoms with Crippen molar-refractivity contribution in [3.05, 3.63) is 0 Å². The summed E-state index contributed by atoms with van der Waals surface area (Å²) < 4.78 is 5.14. The molecule has 0 heterocycles. The van der Waals surface area contributed by atoms with Crippen molar-refractivity contribution < 1.29 is 4.74 Å². The third-order valence-corrected chi connectivity index (χ3v) is 3.20. The van der Waals surface area contributed by atoms with E-state index in [-0.39, 0.29) is 0 Å². The molecule has 0 amide bonds. The van der Waals surface area contributed by atoms with Gasteiger partial charge in [0.15, 0.2) is 0 Å². The topological polar surface area (TPSA) is 24.5 Å². The maximum absolute atomic E-state index is 5.14. The van der Waals surface area contributed by atoms with Crippen molar-refractivity contribution in [2.24, 2.45) is 0 Å². The van der Waals surface area contributed by atoms with Crippen LogP contribution in [0.4, 0.5) is 0 Å². The predicted octanol–water partition coefficient (Wildman–Crippen LogP) is 1.49. The minimum atomic E-state index is 0.672. The molecule has 1 fully saturated rings. The molecule has 0 saturated heterocycles. The molecule has 1 aliphatic carbocycles. The molecule has 0 aromatic rings. The van der Waals surface area contributed by atoms with Crippen LogP contribution < -0.4 is 5.32 Å². The van der Waals surface area contributed by atoms with Crippen LogP contribution in [0.1, 0.15) is 33.1 Å². The van der Waals surface area contributed by atoms with Gasteiger partial charge < -0.3 is 10.1 Å². The quantitative estimate of drug-likeness (QED) is 0.629. The van der Waals surface area contributed by atoms with E-state index in [1.165, 1.54) is 19.3 Å². The van der Waals surface area contributed by atoms with Crippen LogP contribution in [0.25, 0.3) is 0 Å². The number of nitrogens with zero attached hydrogens (tertiary/aromatic N) is 1. The summed E-state index contributed by atoms with van der Waals surface area (Å²) in [6.07, 6.45) is 3.97. The van der Waals surface area contributed by atoms with Gasteiger partial charge in [-0.3, -0.25) is 4.90 Å². The van der Waals surface area contributed by atoms with E-state index in [0.717, 1.165) is 32.3 Å². The molecule has 0 aromatic carbocycles. The first-order valence-electron chi connectivity index (χ1n) is 6.28. The fraction of sp³-hybridized carbons (Fsp3) is 1.00. The van der Waals surface area contributed by atoms with Gasteiger partial charge in [0.2, 0.25) is 0 Å². The van der Waals surface area contributed by atoms with Crippen molar-refractivity contribution in [1.82, 2.24) is 10.2 Å². The van der Waals surface area contributed by atoms with Crippen molar-refractivity contribution >= 4 is 0 Å². The van der Waals surface area contributed by atoms with E-state index in [1.54, 1.807) is 7.11 Å². The zero-order valence-corrected chi connectivity index (χ0v) is 10.5. The molecule has 15 heavy (non-hydrogen) atoms. The highest BCUT2D eigenvalue weighted by Gasteiger charge is 2.23. The molecule has 1 unspecified atom stereocenters. The number of hydrogen-bond donors (Lipinski definition) is 1. The SMILES string of the molecule is CCC(CNC1CC1)N(CC)CCOC. The highest BCUT2D eigenvalue weighted by atomic mass is 16.5. The third-order valence-electron chi connectivity index (χ3n) is 3.20. The van der Waals surface area contributed by atoms with Crippen molar-refractivity contribution in [3.63, 3.8) is 0 Å². The zero-order chi connectivity index (χ0) is 11.1. The molecule has 0 aliphatic heterocycles. The summed E-state index contributed by atoms with van der Waals surface area (Å²) in [6.45, 7) is 8.66. The number of hydrogen-bond acceptors (Lipinski definition) is 3. The Hall–Kier alpha value is -0.120. The summed E-state index contributed by atoms with van der Waals surface area (Å²) >= 11 is 0. The third kappa shape index (κ3) is 4.96. The minimum Gasteiger partial charge on any atom is -0.383 e. The molecule has 3 nitrogen and oxygen atoms in total. The second-order valence-electron chi connectivity index (χ2n) is 4.37. The second-order valence-corrected chi connectivity index (χ2v) is 4.37. The van der Waals surface area contributed by atoms with Gasteiger partial charge in [0.1, 0.15) is 0 Å². The fourth-order valence-corrected chi connectivity index (χ4v) is 1.93. The first-order chi connectivity index (χ1) is 7.31. The summed E-state index contributed by atoms with van der Waals surface area (Å²) in [5.74, 6) is 0. The van der Waals surface area contributed by atoms with Crippen molar-refractivity contribution in [2.75, 3.05) is 33.4 Å². The van der Waals surface area contributed by atoms with Gasteiger partial charge in [-0.15, -0.1) is 0 Å². The number of methoxy groups -OCH3 is 1. The molecule has 0 radical (unpaired) electrons. The largest absolute Gasteiger partial charge is 0.383 e. The highest BCUT2D eigenvalue weighted by Crippen LogP contribution is 2.19. The summed E-state index contributed by atoms with van der Waals surface area (Å²) in [5.41, 5.74) is 0. The molecule has 1 atom stereocenters. The molecule has 0 spiro atoms. The molecular formula is C12H26N2O. The standard InChI is InChI=1S/C12H26N2O/c1-4-12(10-13-11-6-7-11)14(5-2)8-9-15-3/h11-13H,4-10H2,1-3H3. The van der Waals surface area contributed by atoms with Gasteiger partial charge >= 0.3 is 0 Å². The van der Waals surface area contributed by atoms with E-state index >= 15 is 0 Å². The van der Waals surface area contributed by atoms with Gasteiger partial charge in [-0.1, -0.05) is 13.8 Å². The first-order valence-corrected chi connectivity index (χ1v) is 6.28. The van der Waals surface area contributed by atoms with Crippen molar-refractivity contribution in [1.29, 1.82) is 0 Å². The average molecular weight is 214 g/mol. The van der Waals surface area contributed by atoms with Crippen LogP contribution in [0, 0.1) is 0 Å². The number of nitrogens with one attached hydrogen (secondary N) is 1. The van der Waals surface area contributed by atoms with E-state index in [0.29, 0.717) is 6.04 Å². The molecule has 90 valence electrons. The summed E-state index contributed by atoms with van der Waals surface area (Å²) in [4.78, 5) is 2.51. The van der Waals surface area contributed by atoms with Crippen LogP contribution in [0.3, 0.4) is 0 Å². The monoisotopic (exact) mass is 214 g/mol. The molecule has 1 aliphatic rings. The first kappa shape index (κ1) is 12.9. The fourth-order valence-electron chi connectivity index (χ4n) is 1.93. The smallest absolute Gasteiger partial charge is 0.0589 e. The van der Waals surface area contributed by atoms with Crippen LogP contribution in [0.5, 0.6) is 0 Å². The normalized spacial score (nSPS) is 18.4. The number of rotatable bonds is 9. The Kier molecular flexibility index (Phi) is 6.22. The van der Waals surface area contributed by atoms with Gasteiger partial charge in [0.25, 0.3) is 0 Å². The van der Waals surface area contributed by atoms with E-state index in [9.17, 15) is 0 Å². The summed E-state index contributed by atoms with van der Waals surface area (Å²) in [6, 6.07) is 1.49. The molecular weight excluding hydrogens is 188 g/mol. The van der Waals surface area contributed by atoms with E-state index < -0.39 is 0 Å². The Labute approximate surface area is 94.2 Å².